The Labute approximate surface area is 222 Å². The van der Waals surface area contributed by atoms with Crippen molar-refractivity contribution in [2.75, 3.05) is 18.0 Å². The lowest BCUT2D eigenvalue weighted by Crippen LogP contribution is -2.28. The summed E-state index contributed by atoms with van der Waals surface area (Å²) >= 11 is 9.66. The Morgan fingerprint density at radius 2 is 2.03 bits per heavy atom. The fourth-order valence-corrected chi connectivity index (χ4v) is 5.53. The molecule has 2 atom stereocenters. The number of nitrogens with one attached hydrogen (secondary N) is 1. The van der Waals surface area contributed by atoms with E-state index in [2.05, 4.69) is 46.9 Å². The number of carbonyl (C=O) groups is 1. The highest BCUT2D eigenvalue weighted by Gasteiger charge is 2.71. The number of amides is 1. The van der Waals surface area contributed by atoms with Crippen LogP contribution < -0.4 is 10.2 Å². The molecule has 6 rings (SSSR count). The quantitative estimate of drug-likeness (QED) is 0.352. The number of halogens is 4. The van der Waals surface area contributed by atoms with Crippen LogP contribution in [0.15, 0.2) is 53.7 Å². The molecule has 2 aliphatic rings. The minimum absolute atomic E-state index is 0.211. The number of pyridine rings is 1. The van der Waals surface area contributed by atoms with E-state index >= 15 is 0 Å². The molecular formula is C23H19BrClF2N9O. The molecule has 0 radical (unpaired) electrons. The molecular weight excluding hydrogens is 572 g/mol. The molecule has 2 unspecified atom stereocenters. The van der Waals surface area contributed by atoms with Gasteiger partial charge in [0.05, 0.1) is 40.3 Å². The summed E-state index contributed by atoms with van der Waals surface area (Å²) < 4.78 is 30.9. The second-order valence-electron chi connectivity index (χ2n) is 9.08. The van der Waals surface area contributed by atoms with Gasteiger partial charge in [-0.3, -0.25) is 9.48 Å². The zero-order chi connectivity index (χ0) is 25.7. The van der Waals surface area contributed by atoms with E-state index in [1.54, 1.807) is 35.3 Å². The van der Waals surface area contributed by atoms with Crippen LogP contribution in [0.3, 0.4) is 0 Å². The van der Waals surface area contributed by atoms with Crippen molar-refractivity contribution in [1.29, 1.82) is 0 Å². The fraction of sp³-hybridized carbons (Fsp3) is 0.304. The number of hydrogen-bond acceptors (Lipinski definition) is 7. The predicted octanol–water partition coefficient (Wildman–Crippen LogP) is 3.35. The maximum atomic E-state index is 13.5. The van der Waals surface area contributed by atoms with Gasteiger partial charge in [-0.25, -0.2) is 18.4 Å². The van der Waals surface area contributed by atoms with E-state index < -0.39 is 17.8 Å². The Hall–Kier alpha value is -3.45. The number of hydrogen-bond donors (Lipinski definition) is 1. The second kappa shape index (κ2) is 9.14. The van der Waals surface area contributed by atoms with Crippen LogP contribution in [-0.2, 0) is 13.1 Å². The summed E-state index contributed by atoms with van der Waals surface area (Å²) in [6.45, 7) is 1.22. The van der Waals surface area contributed by atoms with E-state index in [9.17, 15) is 13.6 Å². The molecule has 37 heavy (non-hydrogen) atoms. The van der Waals surface area contributed by atoms with Crippen molar-refractivity contribution in [2.24, 2.45) is 11.8 Å². The fourth-order valence-electron chi connectivity index (χ4n) is 4.69. The van der Waals surface area contributed by atoms with E-state index in [0.29, 0.717) is 41.7 Å². The van der Waals surface area contributed by atoms with Gasteiger partial charge in [0, 0.05) is 37.1 Å². The first-order valence-electron chi connectivity index (χ1n) is 11.4. The smallest absolute Gasteiger partial charge is 0.258 e. The molecule has 190 valence electrons. The van der Waals surface area contributed by atoms with Crippen molar-refractivity contribution < 1.29 is 13.6 Å². The largest absolute Gasteiger partial charge is 0.355 e. The molecule has 4 heterocycles. The monoisotopic (exact) mass is 589 g/mol. The first-order chi connectivity index (χ1) is 17.8. The Morgan fingerprint density at radius 3 is 2.76 bits per heavy atom. The average Bonchev–Trinajstić information content (AvgIpc) is 3.48. The number of nitrogens with zero attached hydrogens (tertiary/aromatic N) is 8. The van der Waals surface area contributed by atoms with Gasteiger partial charge in [-0.1, -0.05) is 11.6 Å². The van der Waals surface area contributed by atoms with Crippen LogP contribution in [0.2, 0.25) is 5.02 Å². The third kappa shape index (κ3) is 4.57. The van der Waals surface area contributed by atoms with Crippen LogP contribution >= 0.6 is 27.5 Å². The Balaban J connectivity index is 1.09. The Morgan fingerprint density at radius 1 is 1.22 bits per heavy atom. The van der Waals surface area contributed by atoms with Gasteiger partial charge in [-0.2, -0.15) is 5.10 Å². The third-order valence-corrected chi connectivity index (χ3v) is 7.51. The van der Waals surface area contributed by atoms with Crippen LogP contribution in [-0.4, -0.2) is 59.9 Å². The molecule has 2 fully saturated rings. The number of rotatable bonds is 7. The highest BCUT2D eigenvalue weighted by Crippen LogP contribution is 2.59. The van der Waals surface area contributed by atoms with Crippen molar-refractivity contribution in [3.63, 3.8) is 0 Å². The van der Waals surface area contributed by atoms with E-state index in [1.807, 2.05) is 11.0 Å². The zero-order valence-electron chi connectivity index (χ0n) is 19.1. The minimum Gasteiger partial charge on any atom is -0.355 e. The summed E-state index contributed by atoms with van der Waals surface area (Å²) in [7, 11) is 0. The molecule has 10 nitrogen and oxygen atoms in total. The molecule has 1 aromatic carbocycles. The molecule has 1 amide bonds. The van der Waals surface area contributed by atoms with E-state index in [4.69, 9.17) is 11.6 Å². The molecule has 1 aliphatic heterocycles. The summed E-state index contributed by atoms with van der Waals surface area (Å²) in [4.78, 5) is 19.1. The number of benzene rings is 1. The topological polar surface area (TPSA) is 107 Å². The van der Waals surface area contributed by atoms with Crippen LogP contribution in [0.1, 0.15) is 21.5 Å². The number of piperidine rings is 1. The highest BCUT2D eigenvalue weighted by molar-refractivity contribution is 9.10. The number of aromatic nitrogens is 7. The summed E-state index contributed by atoms with van der Waals surface area (Å²) in [5.41, 5.74) is 2.69. The molecule has 1 saturated heterocycles. The number of fused-ring (bicyclic) bond motifs is 1. The van der Waals surface area contributed by atoms with Gasteiger partial charge in [0.1, 0.15) is 12.1 Å². The lowest BCUT2D eigenvalue weighted by atomic mass is 10.1. The third-order valence-electron chi connectivity index (χ3n) is 6.69. The van der Waals surface area contributed by atoms with Crippen molar-refractivity contribution in [2.45, 2.75) is 19.0 Å². The summed E-state index contributed by atoms with van der Waals surface area (Å²) in [6.07, 6.45) is 6.30. The van der Waals surface area contributed by atoms with Gasteiger partial charge >= 0.3 is 0 Å². The number of alkyl halides is 2. The molecule has 0 spiro atoms. The van der Waals surface area contributed by atoms with Crippen LogP contribution in [0.4, 0.5) is 14.6 Å². The van der Waals surface area contributed by atoms with Gasteiger partial charge in [0.2, 0.25) is 0 Å². The molecule has 1 aliphatic carbocycles. The lowest BCUT2D eigenvalue weighted by Gasteiger charge is -2.22. The van der Waals surface area contributed by atoms with Crippen molar-refractivity contribution in [1.82, 2.24) is 40.3 Å². The Kier molecular flexibility index (Phi) is 5.91. The summed E-state index contributed by atoms with van der Waals surface area (Å²) in [5.74, 6) is -3.31. The van der Waals surface area contributed by atoms with Crippen LogP contribution in [0.25, 0.3) is 5.69 Å². The molecule has 3 aromatic heterocycles. The van der Waals surface area contributed by atoms with Crippen LogP contribution in [0, 0.1) is 11.8 Å². The van der Waals surface area contributed by atoms with Gasteiger partial charge in [0.25, 0.3) is 11.8 Å². The standard InChI is InChI=1S/C23H19BrClF2N9O/c24-19-3-13(5-28-21(19)34-10-17-18(11-34)23(17,26)27)8-35-9-15(7-31-35)22(37)29-6-14-4-16(25)1-2-20(14)36-12-30-32-33-36/h1-5,7,9,12,17-18H,6,8,10-11H2,(H,29,37). The zero-order valence-corrected chi connectivity index (χ0v) is 21.4. The molecule has 1 N–H and O–H groups in total. The Bertz CT molecular complexity index is 1460. The van der Waals surface area contributed by atoms with Crippen LogP contribution in [0.5, 0.6) is 0 Å². The molecule has 1 saturated carbocycles. The SMILES string of the molecule is O=C(NCc1cc(Cl)ccc1-n1cnnn1)c1cnn(Cc2cnc(N3CC4C(C3)C4(F)F)c(Br)c2)c1. The number of tetrazole rings is 1. The molecule has 0 bridgehead atoms. The van der Waals surface area contributed by atoms with Gasteiger partial charge in [0.15, 0.2) is 0 Å². The van der Waals surface area contributed by atoms with Crippen molar-refractivity contribution in [3.8, 4) is 5.69 Å². The summed E-state index contributed by atoms with van der Waals surface area (Å²) in [6, 6.07) is 7.14. The highest BCUT2D eigenvalue weighted by atomic mass is 79.9. The van der Waals surface area contributed by atoms with E-state index in [-0.39, 0.29) is 12.5 Å². The summed E-state index contributed by atoms with van der Waals surface area (Å²) in [5, 5.41) is 18.9. The van der Waals surface area contributed by atoms with Gasteiger partial charge < -0.3 is 10.2 Å². The van der Waals surface area contributed by atoms with Gasteiger partial charge in [-0.15, -0.1) is 5.10 Å². The normalized spacial score (nSPS) is 19.6. The first-order valence-corrected chi connectivity index (χ1v) is 12.6. The average molecular weight is 591 g/mol. The maximum absolute atomic E-state index is 13.5. The van der Waals surface area contributed by atoms with Crippen molar-refractivity contribution in [3.05, 3.63) is 75.4 Å². The maximum Gasteiger partial charge on any atom is 0.258 e. The number of carbonyl (C=O) groups excluding carboxylic acids is 1. The second-order valence-corrected chi connectivity index (χ2v) is 10.4. The number of anilines is 1. The lowest BCUT2D eigenvalue weighted by molar-refractivity contribution is 0.0796. The molecule has 14 heteroatoms. The van der Waals surface area contributed by atoms with E-state index in [0.717, 1.165) is 15.6 Å². The van der Waals surface area contributed by atoms with E-state index in [1.165, 1.54) is 17.2 Å². The molecule has 4 aromatic rings. The minimum atomic E-state index is -2.53. The van der Waals surface area contributed by atoms with Crippen molar-refractivity contribution >= 4 is 39.3 Å². The van der Waals surface area contributed by atoms with Gasteiger partial charge in [-0.05, 0) is 61.7 Å². The first kappa shape index (κ1) is 23.9. The predicted molar refractivity (Wildman–Crippen MR) is 133 cm³/mol.